The molecule has 0 spiro atoms. The molecule has 1 fully saturated rings. The first kappa shape index (κ1) is 8.44. The van der Waals surface area contributed by atoms with Gasteiger partial charge in [0.15, 0.2) is 5.82 Å². The van der Waals surface area contributed by atoms with Gasteiger partial charge in [0.1, 0.15) is 6.20 Å². The Morgan fingerprint density at radius 1 is 1.62 bits per heavy atom. The summed E-state index contributed by atoms with van der Waals surface area (Å²) >= 11 is 0. The number of aliphatic hydroxyl groups excluding tert-OH is 1. The lowest BCUT2D eigenvalue weighted by atomic mass is 10.1. The van der Waals surface area contributed by atoms with Crippen molar-refractivity contribution >= 4 is 5.82 Å². The predicted molar refractivity (Wildman–Crippen MR) is 48.3 cm³/mol. The Bertz CT molecular complexity index is 267. The van der Waals surface area contributed by atoms with Crippen LogP contribution < -0.4 is 4.90 Å². The fraction of sp³-hybridized carbons (Fsp3) is 0.556. The molecular weight excluding hydrogens is 166 g/mol. The molecule has 2 heterocycles. The molecule has 2 atom stereocenters. The van der Waals surface area contributed by atoms with Crippen molar-refractivity contribution in [3.8, 4) is 0 Å². The molecule has 0 saturated carbocycles. The van der Waals surface area contributed by atoms with Crippen molar-refractivity contribution in [3.63, 3.8) is 0 Å². The smallest absolute Gasteiger partial charge is 0.151 e. The van der Waals surface area contributed by atoms with E-state index in [9.17, 15) is 5.11 Å². The minimum absolute atomic E-state index is 0.244. The zero-order valence-corrected chi connectivity index (χ0v) is 7.51. The normalized spacial score (nSPS) is 28.0. The number of nitrogens with zero attached hydrogens (tertiary/aromatic N) is 3. The van der Waals surface area contributed by atoms with Crippen LogP contribution in [0.25, 0.3) is 0 Å². The molecule has 1 aliphatic rings. The molecule has 4 heteroatoms. The van der Waals surface area contributed by atoms with Gasteiger partial charge < -0.3 is 10.0 Å². The molecule has 1 N–H and O–H groups in total. The molecule has 4 nitrogen and oxygen atoms in total. The number of hydrogen-bond acceptors (Lipinski definition) is 4. The van der Waals surface area contributed by atoms with Crippen molar-refractivity contribution in [2.24, 2.45) is 5.92 Å². The van der Waals surface area contributed by atoms with Gasteiger partial charge in [-0.25, -0.2) is 0 Å². The van der Waals surface area contributed by atoms with Gasteiger partial charge in [-0.05, 0) is 12.1 Å². The Morgan fingerprint density at radius 2 is 2.46 bits per heavy atom. The predicted octanol–water partition coefficient (Wildman–Crippen LogP) is 0.0938. The summed E-state index contributed by atoms with van der Waals surface area (Å²) in [6.07, 6.45) is 2.38. The average Bonchev–Trinajstić information content (AvgIpc) is 2.49. The number of hydrogen-bond donors (Lipinski definition) is 1. The Labute approximate surface area is 77.2 Å². The van der Waals surface area contributed by atoms with Crippen LogP contribution in [0.2, 0.25) is 0 Å². The van der Waals surface area contributed by atoms with Gasteiger partial charge >= 0.3 is 0 Å². The lowest BCUT2D eigenvalue weighted by Crippen LogP contribution is -2.22. The zero-order chi connectivity index (χ0) is 9.26. The van der Waals surface area contributed by atoms with Gasteiger partial charge in [0, 0.05) is 19.0 Å². The van der Waals surface area contributed by atoms with Gasteiger partial charge in [-0.3, -0.25) is 0 Å². The van der Waals surface area contributed by atoms with E-state index >= 15 is 0 Å². The molecule has 13 heavy (non-hydrogen) atoms. The Morgan fingerprint density at radius 3 is 3.00 bits per heavy atom. The molecule has 1 saturated heterocycles. The Balaban J connectivity index is 2.12. The van der Waals surface area contributed by atoms with Crippen molar-refractivity contribution in [1.29, 1.82) is 0 Å². The van der Waals surface area contributed by atoms with E-state index in [0.29, 0.717) is 12.5 Å². The summed E-state index contributed by atoms with van der Waals surface area (Å²) in [5, 5.41) is 17.2. The highest BCUT2D eigenvalue weighted by atomic mass is 16.3. The summed E-state index contributed by atoms with van der Waals surface area (Å²) in [5.41, 5.74) is 0. The highest BCUT2D eigenvalue weighted by Gasteiger charge is 2.28. The molecular formula is C9H12N3O. The zero-order valence-electron chi connectivity index (χ0n) is 7.51. The molecule has 69 valence electrons. The summed E-state index contributed by atoms with van der Waals surface area (Å²) in [6.45, 7) is 3.53. The van der Waals surface area contributed by atoms with Crippen LogP contribution in [-0.4, -0.2) is 34.5 Å². The second-order valence-electron chi connectivity index (χ2n) is 3.47. The van der Waals surface area contributed by atoms with E-state index in [1.54, 1.807) is 6.07 Å². The lowest BCUT2D eigenvalue weighted by molar-refractivity contribution is 0.157. The third-order valence-electron chi connectivity index (χ3n) is 2.41. The van der Waals surface area contributed by atoms with E-state index in [1.807, 2.05) is 17.9 Å². The fourth-order valence-corrected chi connectivity index (χ4v) is 1.56. The van der Waals surface area contributed by atoms with E-state index < -0.39 is 0 Å². The van der Waals surface area contributed by atoms with Crippen LogP contribution in [0.1, 0.15) is 6.92 Å². The molecule has 2 rings (SSSR count). The molecule has 1 aliphatic heterocycles. The van der Waals surface area contributed by atoms with Gasteiger partial charge in [0.25, 0.3) is 0 Å². The molecule has 1 aromatic heterocycles. The first-order valence-corrected chi connectivity index (χ1v) is 4.40. The summed E-state index contributed by atoms with van der Waals surface area (Å²) in [7, 11) is 0. The van der Waals surface area contributed by atoms with Gasteiger partial charge in [0.2, 0.25) is 0 Å². The van der Waals surface area contributed by atoms with Crippen LogP contribution >= 0.6 is 0 Å². The first-order valence-electron chi connectivity index (χ1n) is 4.40. The maximum Gasteiger partial charge on any atom is 0.151 e. The molecule has 1 aromatic rings. The van der Waals surface area contributed by atoms with Crippen LogP contribution in [0, 0.1) is 12.1 Å². The largest absolute Gasteiger partial charge is 0.391 e. The Hall–Kier alpha value is -1.16. The third-order valence-corrected chi connectivity index (χ3v) is 2.41. The van der Waals surface area contributed by atoms with Gasteiger partial charge in [-0.15, -0.1) is 10.2 Å². The minimum Gasteiger partial charge on any atom is -0.391 e. The number of aromatic nitrogens is 2. The van der Waals surface area contributed by atoms with Crippen molar-refractivity contribution in [2.75, 3.05) is 18.0 Å². The second-order valence-corrected chi connectivity index (χ2v) is 3.47. The van der Waals surface area contributed by atoms with E-state index in [4.69, 9.17) is 0 Å². The fourth-order valence-electron chi connectivity index (χ4n) is 1.56. The van der Waals surface area contributed by atoms with Gasteiger partial charge in [-0.2, -0.15) is 0 Å². The maximum atomic E-state index is 9.53. The van der Waals surface area contributed by atoms with E-state index in [1.165, 1.54) is 0 Å². The standard InChI is InChI=1S/C9H12N3O/c1-7-5-12(6-8(7)13)9-3-2-4-10-11-9/h2-3,7-8,13H,5-6H2,1H3/t7-,8-/m0/s1. The topological polar surface area (TPSA) is 49.2 Å². The van der Waals surface area contributed by atoms with Crippen LogP contribution in [0.4, 0.5) is 5.82 Å². The lowest BCUT2D eigenvalue weighted by Gasteiger charge is -2.14. The molecule has 0 bridgehead atoms. The van der Waals surface area contributed by atoms with Crippen LogP contribution in [0.3, 0.4) is 0 Å². The molecule has 0 aromatic carbocycles. The number of β-amino-alcohol motifs (C(OH)–C–C–N with tert-alkyl or cyclic N) is 1. The van der Waals surface area contributed by atoms with Crippen molar-refractivity contribution in [3.05, 3.63) is 18.3 Å². The summed E-state index contributed by atoms with van der Waals surface area (Å²) in [4.78, 5) is 2.04. The van der Waals surface area contributed by atoms with Crippen LogP contribution in [0.15, 0.2) is 12.1 Å². The number of rotatable bonds is 1. The average molecular weight is 178 g/mol. The number of anilines is 1. The summed E-state index contributed by atoms with van der Waals surface area (Å²) < 4.78 is 0. The van der Waals surface area contributed by atoms with Crippen LogP contribution in [0.5, 0.6) is 0 Å². The summed E-state index contributed by atoms with van der Waals surface area (Å²) in [6, 6.07) is 3.59. The molecule has 0 unspecified atom stereocenters. The van der Waals surface area contributed by atoms with E-state index in [2.05, 4.69) is 16.4 Å². The van der Waals surface area contributed by atoms with Crippen molar-refractivity contribution in [2.45, 2.75) is 13.0 Å². The van der Waals surface area contributed by atoms with E-state index in [0.717, 1.165) is 12.4 Å². The van der Waals surface area contributed by atoms with Gasteiger partial charge in [0.05, 0.1) is 6.10 Å². The van der Waals surface area contributed by atoms with Gasteiger partial charge in [-0.1, -0.05) is 6.92 Å². The van der Waals surface area contributed by atoms with Crippen molar-refractivity contribution < 1.29 is 5.11 Å². The quantitative estimate of drug-likeness (QED) is 0.662. The maximum absolute atomic E-state index is 9.53. The molecule has 0 amide bonds. The monoisotopic (exact) mass is 178 g/mol. The highest BCUT2D eigenvalue weighted by molar-refractivity contribution is 5.38. The molecule has 0 aliphatic carbocycles. The summed E-state index contributed by atoms with van der Waals surface area (Å²) in [5.74, 6) is 1.13. The SMILES string of the molecule is C[C@H]1CN(c2cc[c]nn2)C[C@@H]1O. The second kappa shape index (κ2) is 3.30. The first-order chi connectivity index (χ1) is 6.27. The molecule has 1 radical (unpaired) electrons. The highest BCUT2D eigenvalue weighted by Crippen LogP contribution is 2.20. The van der Waals surface area contributed by atoms with Crippen LogP contribution in [-0.2, 0) is 0 Å². The van der Waals surface area contributed by atoms with Crippen molar-refractivity contribution in [1.82, 2.24) is 10.2 Å². The Kier molecular flexibility index (Phi) is 2.14. The number of aliphatic hydroxyl groups is 1. The van der Waals surface area contributed by atoms with E-state index in [-0.39, 0.29) is 6.10 Å². The minimum atomic E-state index is -0.244. The third kappa shape index (κ3) is 1.62.